The largest absolute Gasteiger partial charge is 0.337 e. The molecule has 0 aromatic carbocycles. The molecule has 0 spiro atoms. The molecule has 1 unspecified atom stereocenters. The van der Waals surface area contributed by atoms with E-state index in [1.54, 1.807) is 11.3 Å². The highest BCUT2D eigenvalue weighted by Gasteiger charge is 2.31. The number of carbonyl (C=O) groups is 1. The van der Waals surface area contributed by atoms with Crippen molar-refractivity contribution in [2.24, 2.45) is 0 Å². The van der Waals surface area contributed by atoms with Crippen LogP contribution in [0, 0.1) is 0 Å². The minimum atomic E-state index is -0.0638. The minimum Gasteiger partial charge on any atom is -0.337 e. The summed E-state index contributed by atoms with van der Waals surface area (Å²) >= 11 is 1.66. The predicted molar refractivity (Wildman–Crippen MR) is 76.4 cm³/mol. The molecule has 1 atom stereocenters. The molecule has 3 fully saturated rings. The number of rotatable bonds is 4. The fraction of sp³-hybridized carbons (Fsp3) is 0.615. The third-order valence-electron chi connectivity index (χ3n) is 3.89. The lowest BCUT2D eigenvalue weighted by atomic mass is 10.1. The molecule has 2 N–H and O–H groups in total. The zero-order chi connectivity index (χ0) is 13.1. The van der Waals surface area contributed by atoms with Crippen LogP contribution < -0.4 is 10.6 Å². The first-order valence-corrected chi connectivity index (χ1v) is 7.70. The van der Waals surface area contributed by atoms with E-state index in [1.807, 2.05) is 17.5 Å². The zero-order valence-corrected chi connectivity index (χ0v) is 11.8. The molecule has 6 heteroatoms. The van der Waals surface area contributed by atoms with E-state index >= 15 is 0 Å². The number of urea groups is 1. The molecule has 3 aliphatic heterocycles. The van der Waals surface area contributed by atoms with E-state index in [1.165, 1.54) is 18.0 Å². The Morgan fingerprint density at radius 3 is 2.79 bits per heavy atom. The summed E-state index contributed by atoms with van der Waals surface area (Å²) in [6, 6.07) is 4.45. The Morgan fingerprint density at radius 1 is 1.32 bits per heavy atom. The molecule has 1 aromatic heterocycles. The van der Waals surface area contributed by atoms with Crippen molar-refractivity contribution in [3.05, 3.63) is 22.4 Å². The first-order chi connectivity index (χ1) is 9.31. The smallest absolute Gasteiger partial charge is 0.315 e. The molecule has 4 heterocycles. The second-order valence-corrected chi connectivity index (χ2v) is 6.17. The lowest BCUT2D eigenvalue weighted by Crippen LogP contribution is -2.63. The lowest BCUT2D eigenvalue weighted by molar-refractivity contribution is 0.0148. The van der Waals surface area contributed by atoms with Gasteiger partial charge in [-0.15, -0.1) is 11.3 Å². The van der Waals surface area contributed by atoms with Gasteiger partial charge in [-0.2, -0.15) is 0 Å². The number of piperazine rings is 3. The number of nitrogens with zero attached hydrogens (tertiary/aromatic N) is 2. The number of nitrogens with one attached hydrogen (secondary N) is 2. The van der Waals surface area contributed by atoms with Crippen molar-refractivity contribution in [3.63, 3.8) is 0 Å². The van der Waals surface area contributed by atoms with Gasteiger partial charge in [0.05, 0.1) is 6.54 Å². The summed E-state index contributed by atoms with van der Waals surface area (Å²) in [5.41, 5.74) is 0. The van der Waals surface area contributed by atoms with E-state index in [-0.39, 0.29) is 6.03 Å². The summed E-state index contributed by atoms with van der Waals surface area (Å²) in [6.07, 6.45) is 0. The van der Waals surface area contributed by atoms with Crippen molar-refractivity contribution >= 4 is 17.4 Å². The molecule has 2 bridgehead atoms. The van der Waals surface area contributed by atoms with Crippen LogP contribution in [-0.2, 0) is 6.54 Å². The summed E-state index contributed by atoms with van der Waals surface area (Å²) in [5.74, 6) is 0. The molecule has 104 valence electrons. The van der Waals surface area contributed by atoms with Crippen LogP contribution in [0.1, 0.15) is 4.88 Å². The van der Waals surface area contributed by atoms with Crippen LogP contribution in [0.3, 0.4) is 0 Å². The van der Waals surface area contributed by atoms with Crippen LogP contribution in [0.4, 0.5) is 4.79 Å². The molecule has 0 saturated carbocycles. The molecule has 5 nitrogen and oxygen atoms in total. The highest BCUT2D eigenvalue weighted by molar-refractivity contribution is 7.09. The fourth-order valence-electron chi connectivity index (χ4n) is 2.77. The molecule has 0 aliphatic carbocycles. The Kier molecular flexibility index (Phi) is 4.00. The van der Waals surface area contributed by atoms with Crippen molar-refractivity contribution in [1.82, 2.24) is 20.4 Å². The Morgan fingerprint density at radius 2 is 2.16 bits per heavy atom. The maximum Gasteiger partial charge on any atom is 0.315 e. The second-order valence-electron chi connectivity index (χ2n) is 5.13. The SMILES string of the molecule is O=C(NCc1cccs1)NCC1CN2CCN1CC2. The first kappa shape index (κ1) is 12.9. The van der Waals surface area contributed by atoms with Crippen LogP contribution in [0.25, 0.3) is 0 Å². The van der Waals surface area contributed by atoms with Gasteiger partial charge >= 0.3 is 6.03 Å². The molecule has 4 rings (SSSR count). The van der Waals surface area contributed by atoms with E-state index in [9.17, 15) is 4.79 Å². The standard InChI is InChI=1S/C13H20N4OS/c18-13(15-9-12-2-1-7-19-12)14-8-11-10-16-3-5-17(11)6-4-16/h1-2,7,11H,3-6,8-10H2,(H2,14,15,18). The van der Waals surface area contributed by atoms with Crippen LogP contribution >= 0.6 is 11.3 Å². The number of thiophene rings is 1. The average molecular weight is 280 g/mol. The van der Waals surface area contributed by atoms with Crippen LogP contribution in [-0.4, -0.2) is 61.1 Å². The van der Waals surface area contributed by atoms with Crippen molar-refractivity contribution < 1.29 is 4.79 Å². The lowest BCUT2D eigenvalue weighted by Gasteiger charge is -2.47. The van der Waals surface area contributed by atoms with E-state index in [0.29, 0.717) is 12.6 Å². The number of hydrogen-bond donors (Lipinski definition) is 2. The van der Waals surface area contributed by atoms with Crippen molar-refractivity contribution in [3.8, 4) is 0 Å². The molecular weight excluding hydrogens is 260 g/mol. The van der Waals surface area contributed by atoms with Crippen molar-refractivity contribution in [2.75, 3.05) is 39.3 Å². The molecular formula is C13H20N4OS. The van der Waals surface area contributed by atoms with Gasteiger partial charge in [-0.3, -0.25) is 9.80 Å². The number of amides is 2. The van der Waals surface area contributed by atoms with E-state index in [0.717, 1.165) is 26.2 Å². The van der Waals surface area contributed by atoms with Gasteiger partial charge in [0, 0.05) is 50.2 Å². The van der Waals surface area contributed by atoms with E-state index in [4.69, 9.17) is 0 Å². The summed E-state index contributed by atoms with van der Waals surface area (Å²) in [6.45, 7) is 7.09. The quantitative estimate of drug-likeness (QED) is 0.846. The topological polar surface area (TPSA) is 47.6 Å². The van der Waals surface area contributed by atoms with Crippen LogP contribution in [0.2, 0.25) is 0 Å². The number of carbonyl (C=O) groups excluding carboxylic acids is 1. The van der Waals surface area contributed by atoms with Crippen molar-refractivity contribution in [1.29, 1.82) is 0 Å². The summed E-state index contributed by atoms with van der Waals surface area (Å²) in [5, 5.41) is 7.91. The normalized spacial score (nSPS) is 29.2. The van der Waals surface area contributed by atoms with Crippen LogP contribution in [0.15, 0.2) is 17.5 Å². The van der Waals surface area contributed by atoms with Gasteiger partial charge in [-0.1, -0.05) is 6.07 Å². The molecule has 2 amide bonds. The third-order valence-corrected chi connectivity index (χ3v) is 4.77. The van der Waals surface area contributed by atoms with Crippen molar-refractivity contribution in [2.45, 2.75) is 12.6 Å². The maximum atomic E-state index is 11.7. The summed E-state index contributed by atoms with van der Waals surface area (Å²) in [4.78, 5) is 17.9. The molecule has 19 heavy (non-hydrogen) atoms. The Hall–Kier alpha value is -1.11. The van der Waals surface area contributed by atoms with Gasteiger partial charge < -0.3 is 10.6 Å². The van der Waals surface area contributed by atoms with Gasteiger partial charge in [0.1, 0.15) is 0 Å². The van der Waals surface area contributed by atoms with Gasteiger partial charge in [0.25, 0.3) is 0 Å². The number of hydrogen-bond acceptors (Lipinski definition) is 4. The van der Waals surface area contributed by atoms with E-state index < -0.39 is 0 Å². The Balaban J connectivity index is 1.38. The maximum absolute atomic E-state index is 11.7. The Bertz CT molecular complexity index is 414. The average Bonchev–Trinajstić information content (AvgIpc) is 2.97. The van der Waals surface area contributed by atoms with Crippen LogP contribution in [0.5, 0.6) is 0 Å². The van der Waals surface area contributed by atoms with Gasteiger partial charge in [0.2, 0.25) is 0 Å². The summed E-state index contributed by atoms with van der Waals surface area (Å²) < 4.78 is 0. The highest BCUT2D eigenvalue weighted by atomic mass is 32.1. The first-order valence-electron chi connectivity index (χ1n) is 6.82. The fourth-order valence-corrected chi connectivity index (χ4v) is 3.42. The molecule has 1 aromatic rings. The van der Waals surface area contributed by atoms with Gasteiger partial charge in [-0.25, -0.2) is 4.79 Å². The third kappa shape index (κ3) is 3.26. The highest BCUT2D eigenvalue weighted by Crippen LogP contribution is 2.14. The molecule has 3 aliphatic rings. The van der Waals surface area contributed by atoms with Gasteiger partial charge in [0.15, 0.2) is 0 Å². The monoisotopic (exact) mass is 280 g/mol. The molecule has 0 radical (unpaired) electrons. The van der Waals surface area contributed by atoms with E-state index in [2.05, 4.69) is 20.4 Å². The summed E-state index contributed by atoms with van der Waals surface area (Å²) in [7, 11) is 0. The minimum absolute atomic E-state index is 0.0638. The van der Waals surface area contributed by atoms with Gasteiger partial charge in [-0.05, 0) is 11.4 Å². The Labute approximate surface area is 117 Å². The predicted octanol–water partition coefficient (Wildman–Crippen LogP) is 0.547. The zero-order valence-electron chi connectivity index (χ0n) is 11.0. The number of fused-ring (bicyclic) bond motifs is 3. The molecule has 3 saturated heterocycles. The second kappa shape index (κ2) is 5.90.